The SMILES string of the molecule is CN1C(=O)CO[C@H](C(=O)NCc2ccccc2F)[C@@H]1c1ccccc1F. The van der Waals surface area contributed by atoms with Crippen LogP contribution in [0.2, 0.25) is 0 Å². The third-order valence-electron chi connectivity index (χ3n) is 4.38. The molecule has 0 saturated carbocycles. The summed E-state index contributed by atoms with van der Waals surface area (Å²) in [6.07, 6.45) is -1.10. The summed E-state index contributed by atoms with van der Waals surface area (Å²) in [6, 6.07) is 11.1. The van der Waals surface area contributed by atoms with Gasteiger partial charge < -0.3 is 15.0 Å². The lowest BCUT2D eigenvalue weighted by atomic mass is 9.97. The number of rotatable bonds is 4. The van der Waals surface area contributed by atoms with E-state index in [4.69, 9.17) is 4.74 Å². The van der Waals surface area contributed by atoms with Crippen LogP contribution in [0, 0.1) is 11.6 Å². The number of benzene rings is 2. The van der Waals surface area contributed by atoms with Crippen molar-refractivity contribution in [1.29, 1.82) is 0 Å². The predicted molar refractivity (Wildman–Crippen MR) is 89.9 cm³/mol. The van der Waals surface area contributed by atoms with Crippen molar-refractivity contribution in [1.82, 2.24) is 10.2 Å². The highest BCUT2D eigenvalue weighted by atomic mass is 19.1. The van der Waals surface area contributed by atoms with E-state index in [0.29, 0.717) is 5.56 Å². The summed E-state index contributed by atoms with van der Waals surface area (Å²) in [5.41, 5.74) is 0.512. The molecule has 0 unspecified atom stereocenters. The van der Waals surface area contributed by atoms with Crippen molar-refractivity contribution in [3.63, 3.8) is 0 Å². The van der Waals surface area contributed by atoms with E-state index in [1.165, 1.54) is 36.2 Å². The normalized spacial score (nSPS) is 20.1. The molecule has 1 aliphatic heterocycles. The first-order chi connectivity index (χ1) is 12.5. The molecule has 1 fully saturated rings. The summed E-state index contributed by atoms with van der Waals surface area (Å²) < 4.78 is 33.3. The molecule has 0 aromatic heterocycles. The quantitative estimate of drug-likeness (QED) is 0.909. The number of nitrogens with one attached hydrogen (secondary N) is 1. The van der Waals surface area contributed by atoms with E-state index < -0.39 is 29.7 Å². The summed E-state index contributed by atoms with van der Waals surface area (Å²) in [5, 5.41) is 2.60. The van der Waals surface area contributed by atoms with Crippen molar-refractivity contribution in [2.75, 3.05) is 13.7 Å². The Morgan fingerprint density at radius 2 is 1.81 bits per heavy atom. The summed E-state index contributed by atoms with van der Waals surface area (Å²) in [5.74, 6) is -1.86. The molecule has 0 spiro atoms. The largest absolute Gasteiger partial charge is 0.356 e. The lowest BCUT2D eigenvalue weighted by molar-refractivity contribution is -0.162. The Bertz CT molecular complexity index is 828. The molecular formula is C19H18F2N2O3. The van der Waals surface area contributed by atoms with E-state index in [0.717, 1.165) is 0 Å². The van der Waals surface area contributed by atoms with Gasteiger partial charge in [-0.05, 0) is 12.1 Å². The molecule has 3 rings (SSSR count). The highest BCUT2D eigenvalue weighted by Gasteiger charge is 2.41. The zero-order valence-corrected chi connectivity index (χ0v) is 14.1. The molecule has 0 aliphatic carbocycles. The third kappa shape index (κ3) is 3.57. The van der Waals surface area contributed by atoms with Crippen molar-refractivity contribution < 1.29 is 23.1 Å². The fourth-order valence-electron chi connectivity index (χ4n) is 2.94. The average Bonchev–Trinajstić information content (AvgIpc) is 2.64. The Morgan fingerprint density at radius 1 is 1.15 bits per heavy atom. The van der Waals surface area contributed by atoms with Gasteiger partial charge in [0.1, 0.15) is 18.2 Å². The summed E-state index contributed by atoms with van der Waals surface area (Å²) in [7, 11) is 1.50. The minimum absolute atomic E-state index is 0.0347. The van der Waals surface area contributed by atoms with Gasteiger partial charge in [0.25, 0.3) is 5.91 Å². The van der Waals surface area contributed by atoms with Crippen LogP contribution in [0.1, 0.15) is 17.2 Å². The fourth-order valence-corrected chi connectivity index (χ4v) is 2.94. The highest BCUT2D eigenvalue weighted by molar-refractivity contribution is 5.86. The van der Waals surface area contributed by atoms with Gasteiger partial charge in [-0.15, -0.1) is 0 Å². The first-order valence-corrected chi connectivity index (χ1v) is 8.12. The van der Waals surface area contributed by atoms with Crippen LogP contribution in [-0.4, -0.2) is 36.5 Å². The molecule has 0 bridgehead atoms. The molecule has 26 heavy (non-hydrogen) atoms. The van der Waals surface area contributed by atoms with Crippen LogP contribution in [0.15, 0.2) is 48.5 Å². The van der Waals surface area contributed by atoms with Gasteiger partial charge in [-0.25, -0.2) is 8.78 Å². The first kappa shape index (κ1) is 18.0. The standard InChI is InChI=1S/C19H18F2N2O3/c1-23-16(24)11-26-18(17(23)13-7-3-5-9-15(13)21)19(25)22-10-12-6-2-4-8-14(12)20/h2-9,17-18H,10-11H2,1H3,(H,22,25)/t17-,18-/m0/s1. The Morgan fingerprint density at radius 3 is 2.50 bits per heavy atom. The minimum Gasteiger partial charge on any atom is -0.356 e. The predicted octanol–water partition coefficient (Wildman–Crippen LogP) is 2.18. The van der Waals surface area contributed by atoms with Crippen molar-refractivity contribution in [3.8, 4) is 0 Å². The zero-order chi connectivity index (χ0) is 18.7. The molecule has 136 valence electrons. The lowest BCUT2D eigenvalue weighted by Crippen LogP contribution is -2.53. The Labute approximate surface area is 149 Å². The number of likely N-dealkylation sites (N-methyl/N-ethyl adjacent to an activating group) is 1. The number of carbonyl (C=O) groups excluding carboxylic acids is 2. The van der Waals surface area contributed by atoms with Gasteiger partial charge in [-0.1, -0.05) is 36.4 Å². The van der Waals surface area contributed by atoms with E-state index >= 15 is 0 Å². The molecule has 2 aromatic rings. The van der Waals surface area contributed by atoms with Gasteiger partial charge in [0.15, 0.2) is 6.10 Å². The number of halogens is 2. The number of morpholine rings is 1. The molecule has 1 aliphatic rings. The second-order valence-corrected chi connectivity index (χ2v) is 6.01. The van der Waals surface area contributed by atoms with Crippen LogP contribution in [0.5, 0.6) is 0 Å². The van der Waals surface area contributed by atoms with Gasteiger partial charge in [0.2, 0.25) is 5.91 Å². The molecule has 0 radical (unpaired) electrons. The van der Waals surface area contributed by atoms with Gasteiger partial charge in [0.05, 0.1) is 6.04 Å². The average molecular weight is 360 g/mol. The Balaban J connectivity index is 1.81. The fraction of sp³-hybridized carbons (Fsp3) is 0.263. The Hall–Kier alpha value is -2.80. The number of nitrogens with zero attached hydrogens (tertiary/aromatic N) is 1. The van der Waals surface area contributed by atoms with Gasteiger partial charge in [-0.2, -0.15) is 0 Å². The topological polar surface area (TPSA) is 58.6 Å². The zero-order valence-electron chi connectivity index (χ0n) is 14.1. The smallest absolute Gasteiger partial charge is 0.251 e. The second kappa shape index (κ2) is 7.61. The molecule has 2 atom stereocenters. The number of amides is 2. The maximum atomic E-state index is 14.2. The van der Waals surface area contributed by atoms with Crippen molar-refractivity contribution in [2.24, 2.45) is 0 Å². The third-order valence-corrected chi connectivity index (χ3v) is 4.38. The maximum Gasteiger partial charge on any atom is 0.251 e. The van der Waals surface area contributed by atoms with E-state index in [-0.39, 0.29) is 24.6 Å². The molecule has 7 heteroatoms. The second-order valence-electron chi connectivity index (χ2n) is 6.01. The van der Waals surface area contributed by atoms with Crippen LogP contribution in [-0.2, 0) is 20.9 Å². The van der Waals surface area contributed by atoms with Crippen molar-refractivity contribution in [2.45, 2.75) is 18.7 Å². The van der Waals surface area contributed by atoms with Crippen LogP contribution in [0.25, 0.3) is 0 Å². The molecule has 1 heterocycles. The van der Waals surface area contributed by atoms with Gasteiger partial charge in [-0.3, -0.25) is 9.59 Å². The lowest BCUT2D eigenvalue weighted by Gasteiger charge is -2.38. The number of hydrogen-bond donors (Lipinski definition) is 1. The molecule has 2 aromatic carbocycles. The van der Waals surface area contributed by atoms with E-state index in [1.54, 1.807) is 24.3 Å². The summed E-state index contributed by atoms with van der Waals surface area (Å²) in [4.78, 5) is 25.9. The van der Waals surface area contributed by atoms with Crippen molar-refractivity contribution in [3.05, 3.63) is 71.3 Å². The molecular weight excluding hydrogens is 342 g/mol. The first-order valence-electron chi connectivity index (χ1n) is 8.12. The summed E-state index contributed by atoms with van der Waals surface area (Å²) in [6.45, 7) is -0.313. The number of hydrogen-bond acceptors (Lipinski definition) is 3. The van der Waals surface area contributed by atoms with E-state index in [1.807, 2.05) is 0 Å². The monoisotopic (exact) mass is 360 g/mol. The van der Waals surface area contributed by atoms with Crippen LogP contribution >= 0.6 is 0 Å². The van der Waals surface area contributed by atoms with E-state index in [9.17, 15) is 18.4 Å². The molecule has 2 amide bonds. The maximum absolute atomic E-state index is 14.2. The van der Waals surface area contributed by atoms with E-state index in [2.05, 4.69) is 5.32 Å². The van der Waals surface area contributed by atoms with Crippen LogP contribution < -0.4 is 5.32 Å². The number of carbonyl (C=O) groups is 2. The van der Waals surface area contributed by atoms with Gasteiger partial charge in [0, 0.05) is 24.7 Å². The molecule has 1 N–H and O–H groups in total. The minimum atomic E-state index is -1.10. The Kier molecular flexibility index (Phi) is 5.27. The van der Waals surface area contributed by atoms with Gasteiger partial charge >= 0.3 is 0 Å². The van der Waals surface area contributed by atoms with Crippen LogP contribution in [0.3, 0.4) is 0 Å². The summed E-state index contributed by atoms with van der Waals surface area (Å²) >= 11 is 0. The molecule has 1 saturated heterocycles. The van der Waals surface area contributed by atoms with Crippen LogP contribution in [0.4, 0.5) is 8.78 Å². The highest BCUT2D eigenvalue weighted by Crippen LogP contribution is 2.30. The van der Waals surface area contributed by atoms with Crippen molar-refractivity contribution >= 4 is 11.8 Å². The molecule has 5 nitrogen and oxygen atoms in total. The number of ether oxygens (including phenoxy) is 1.